The maximum Gasteiger partial charge on any atom is 0.128 e. The van der Waals surface area contributed by atoms with Crippen molar-refractivity contribution < 1.29 is 9.15 Å². The van der Waals surface area contributed by atoms with Gasteiger partial charge in [-0.25, -0.2) is 0 Å². The predicted molar refractivity (Wildman–Crippen MR) is 86.3 cm³/mol. The van der Waals surface area contributed by atoms with Gasteiger partial charge < -0.3 is 14.5 Å². The average molecular weight is 299 g/mol. The van der Waals surface area contributed by atoms with E-state index in [1.165, 1.54) is 0 Å². The van der Waals surface area contributed by atoms with Crippen LogP contribution in [0, 0.1) is 6.92 Å². The Morgan fingerprint density at radius 2 is 2.18 bits per heavy atom. The second-order valence-corrected chi connectivity index (χ2v) is 5.27. The lowest BCUT2D eigenvalue weighted by molar-refractivity contribution is 0.408. The van der Waals surface area contributed by atoms with Gasteiger partial charge in [-0.1, -0.05) is 18.2 Å². The van der Waals surface area contributed by atoms with E-state index in [0.29, 0.717) is 6.54 Å². The van der Waals surface area contributed by atoms with Crippen LogP contribution in [0.1, 0.15) is 23.1 Å². The third kappa shape index (κ3) is 3.14. The van der Waals surface area contributed by atoms with E-state index in [0.717, 1.165) is 41.8 Å². The largest absolute Gasteiger partial charge is 0.496 e. The summed E-state index contributed by atoms with van der Waals surface area (Å²) in [6, 6.07) is 11.9. The highest BCUT2D eigenvalue weighted by Crippen LogP contribution is 2.21. The van der Waals surface area contributed by atoms with Crippen molar-refractivity contribution >= 4 is 5.84 Å². The van der Waals surface area contributed by atoms with Gasteiger partial charge in [0, 0.05) is 18.7 Å². The van der Waals surface area contributed by atoms with E-state index in [4.69, 9.17) is 9.15 Å². The molecule has 22 heavy (non-hydrogen) atoms. The van der Waals surface area contributed by atoms with Gasteiger partial charge in [0.2, 0.25) is 0 Å². The first-order valence-corrected chi connectivity index (χ1v) is 7.48. The van der Waals surface area contributed by atoms with Gasteiger partial charge in [-0.05, 0) is 25.1 Å². The molecule has 2 aromatic rings. The average Bonchev–Trinajstić information content (AvgIpc) is 3.00. The molecule has 1 aliphatic heterocycles. The van der Waals surface area contributed by atoms with Crippen LogP contribution in [-0.4, -0.2) is 26.0 Å². The summed E-state index contributed by atoms with van der Waals surface area (Å²) in [4.78, 5) is 4.61. The van der Waals surface area contributed by atoms with Gasteiger partial charge in [-0.2, -0.15) is 0 Å². The van der Waals surface area contributed by atoms with E-state index in [9.17, 15) is 0 Å². The number of nitrogens with one attached hydrogen (secondary N) is 2. The molecule has 0 spiro atoms. The van der Waals surface area contributed by atoms with Crippen LogP contribution >= 0.6 is 0 Å². The molecule has 0 aliphatic carbocycles. The predicted octanol–water partition coefficient (Wildman–Crippen LogP) is 2.43. The topological polar surface area (TPSA) is 58.8 Å². The van der Waals surface area contributed by atoms with Crippen molar-refractivity contribution in [1.29, 1.82) is 0 Å². The molecule has 116 valence electrons. The lowest BCUT2D eigenvalue weighted by atomic mass is 10.1. The third-order valence-corrected chi connectivity index (χ3v) is 3.71. The lowest BCUT2D eigenvalue weighted by Gasteiger charge is -2.24. The van der Waals surface area contributed by atoms with Crippen molar-refractivity contribution in [3.63, 3.8) is 0 Å². The van der Waals surface area contributed by atoms with Crippen LogP contribution in [0.5, 0.6) is 5.75 Å². The van der Waals surface area contributed by atoms with Gasteiger partial charge in [0.1, 0.15) is 29.1 Å². The molecule has 0 saturated carbocycles. The first-order chi connectivity index (χ1) is 10.8. The molecule has 0 saturated heterocycles. The normalized spacial score (nSPS) is 17.9. The van der Waals surface area contributed by atoms with E-state index in [1.54, 1.807) is 7.11 Å². The fourth-order valence-corrected chi connectivity index (χ4v) is 2.61. The van der Waals surface area contributed by atoms with E-state index in [-0.39, 0.29) is 6.04 Å². The molecule has 0 fully saturated rings. The van der Waals surface area contributed by atoms with E-state index in [2.05, 4.69) is 21.7 Å². The summed E-state index contributed by atoms with van der Waals surface area (Å²) >= 11 is 0. The number of ether oxygens (including phenoxy) is 1. The molecule has 0 bridgehead atoms. The van der Waals surface area contributed by atoms with Gasteiger partial charge in [0.05, 0.1) is 13.7 Å². The number of amidine groups is 1. The molecule has 0 radical (unpaired) electrons. The van der Waals surface area contributed by atoms with Gasteiger partial charge in [0.25, 0.3) is 0 Å². The maximum atomic E-state index is 5.74. The second-order valence-electron chi connectivity index (χ2n) is 5.27. The Kier molecular flexibility index (Phi) is 4.44. The number of hydrogen-bond donors (Lipinski definition) is 2. The van der Waals surface area contributed by atoms with Crippen LogP contribution < -0.4 is 15.4 Å². The number of nitrogens with zero attached hydrogens (tertiary/aromatic N) is 1. The molecule has 2 heterocycles. The van der Waals surface area contributed by atoms with Crippen molar-refractivity contribution in [3.8, 4) is 5.75 Å². The van der Waals surface area contributed by atoms with Crippen molar-refractivity contribution in [1.82, 2.24) is 10.6 Å². The highest BCUT2D eigenvalue weighted by molar-refractivity contribution is 5.88. The maximum absolute atomic E-state index is 5.74. The van der Waals surface area contributed by atoms with Crippen LogP contribution in [0.2, 0.25) is 0 Å². The summed E-state index contributed by atoms with van der Waals surface area (Å²) in [6.45, 7) is 4.24. The van der Waals surface area contributed by atoms with Crippen molar-refractivity contribution in [2.45, 2.75) is 19.5 Å². The summed E-state index contributed by atoms with van der Waals surface area (Å²) in [6.07, 6.45) is 0. The standard InChI is InChI=1S/C17H21N3O2/c1-12-7-8-15(22-12)16-17(19-10-9-18-16)20-11-13-5-3-4-6-14(13)21-2/h3-8,16,18H,9-11H2,1-2H3,(H,19,20). The first kappa shape index (κ1) is 14.7. The highest BCUT2D eigenvalue weighted by atomic mass is 16.5. The summed E-state index contributed by atoms with van der Waals surface area (Å²) in [5.41, 5.74) is 1.10. The second kappa shape index (κ2) is 6.66. The fourth-order valence-electron chi connectivity index (χ4n) is 2.61. The number of aliphatic imine (C=N–C) groups is 1. The van der Waals surface area contributed by atoms with E-state index in [1.807, 2.05) is 37.3 Å². The zero-order valence-corrected chi connectivity index (χ0v) is 12.9. The molecule has 1 atom stereocenters. The molecule has 3 rings (SSSR count). The quantitative estimate of drug-likeness (QED) is 0.910. The van der Waals surface area contributed by atoms with Crippen LogP contribution in [-0.2, 0) is 6.54 Å². The molecule has 0 amide bonds. The molecule has 5 nitrogen and oxygen atoms in total. The summed E-state index contributed by atoms with van der Waals surface area (Å²) in [5.74, 6) is 3.59. The number of aryl methyl sites for hydroxylation is 1. The number of hydrogen-bond acceptors (Lipinski definition) is 5. The molecule has 1 aliphatic rings. The smallest absolute Gasteiger partial charge is 0.128 e. The molecule has 1 unspecified atom stereocenters. The summed E-state index contributed by atoms with van der Waals surface area (Å²) in [7, 11) is 1.69. The Balaban J connectivity index is 1.73. The van der Waals surface area contributed by atoms with Crippen LogP contribution in [0.25, 0.3) is 0 Å². The zero-order valence-electron chi connectivity index (χ0n) is 12.9. The molecule has 2 N–H and O–H groups in total. The Bertz CT molecular complexity index is 663. The molecule has 1 aromatic carbocycles. The molecular weight excluding hydrogens is 278 g/mol. The zero-order chi connectivity index (χ0) is 15.4. The van der Waals surface area contributed by atoms with Gasteiger partial charge in [-0.3, -0.25) is 10.3 Å². The van der Waals surface area contributed by atoms with Gasteiger partial charge >= 0.3 is 0 Å². The highest BCUT2D eigenvalue weighted by Gasteiger charge is 2.23. The Labute approximate surface area is 130 Å². The molecule has 1 aromatic heterocycles. The third-order valence-electron chi connectivity index (χ3n) is 3.71. The minimum absolute atomic E-state index is 0.0165. The van der Waals surface area contributed by atoms with Crippen molar-refractivity contribution in [2.24, 2.45) is 4.99 Å². The van der Waals surface area contributed by atoms with Crippen LogP contribution in [0.15, 0.2) is 45.8 Å². The number of methoxy groups -OCH3 is 1. The SMILES string of the molecule is COc1ccccc1CNC1=NCCNC1c1ccc(C)o1. The van der Waals surface area contributed by atoms with Gasteiger partial charge in [0.15, 0.2) is 0 Å². The minimum atomic E-state index is -0.0165. The number of rotatable bonds is 4. The Morgan fingerprint density at radius 3 is 2.95 bits per heavy atom. The van der Waals surface area contributed by atoms with E-state index >= 15 is 0 Å². The van der Waals surface area contributed by atoms with Crippen molar-refractivity contribution in [2.75, 3.05) is 20.2 Å². The first-order valence-electron chi connectivity index (χ1n) is 7.48. The summed E-state index contributed by atoms with van der Waals surface area (Å²) in [5, 5.41) is 6.86. The minimum Gasteiger partial charge on any atom is -0.496 e. The van der Waals surface area contributed by atoms with Crippen molar-refractivity contribution in [3.05, 3.63) is 53.5 Å². The van der Waals surface area contributed by atoms with E-state index < -0.39 is 0 Å². The number of furan rings is 1. The Morgan fingerprint density at radius 1 is 1.32 bits per heavy atom. The van der Waals surface area contributed by atoms with Gasteiger partial charge in [-0.15, -0.1) is 0 Å². The number of para-hydroxylation sites is 1. The lowest BCUT2D eigenvalue weighted by Crippen LogP contribution is -2.42. The van der Waals surface area contributed by atoms with Crippen LogP contribution in [0.4, 0.5) is 0 Å². The molecular formula is C17H21N3O2. The monoisotopic (exact) mass is 299 g/mol. The Hall–Kier alpha value is -2.27. The van der Waals surface area contributed by atoms with Crippen LogP contribution in [0.3, 0.4) is 0 Å². The number of benzene rings is 1. The summed E-state index contributed by atoms with van der Waals surface area (Å²) < 4.78 is 11.1. The fraction of sp³-hybridized carbons (Fsp3) is 0.353. The molecule has 5 heteroatoms.